The molecule has 0 unspecified atom stereocenters. The summed E-state index contributed by atoms with van der Waals surface area (Å²) in [6, 6.07) is 18.3. The highest BCUT2D eigenvalue weighted by Crippen LogP contribution is 2.28. The summed E-state index contributed by atoms with van der Waals surface area (Å²) >= 11 is 5.91. The number of imidazole rings is 1. The molecule has 2 aromatic heterocycles. The third-order valence-electron chi connectivity index (χ3n) is 3.98. The van der Waals surface area contributed by atoms with Crippen molar-refractivity contribution in [1.82, 2.24) is 9.38 Å². The number of pyridine rings is 1. The van der Waals surface area contributed by atoms with Gasteiger partial charge in [-0.1, -0.05) is 29.8 Å². The fraction of sp³-hybridized carbons (Fsp3) is 0. The van der Waals surface area contributed by atoms with Crippen molar-refractivity contribution in [3.8, 4) is 11.3 Å². The fourth-order valence-electron chi connectivity index (χ4n) is 2.79. The van der Waals surface area contributed by atoms with Crippen LogP contribution in [-0.2, 0) is 0 Å². The molecule has 0 bridgehead atoms. The van der Waals surface area contributed by atoms with E-state index < -0.39 is 5.82 Å². The van der Waals surface area contributed by atoms with Gasteiger partial charge in [0.1, 0.15) is 22.9 Å². The minimum atomic E-state index is -0.420. The number of nitrogens with zero attached hydrogens (tertiary/aromatic N) is 2. The Hall–Kier alpha value is -2.98. The van der Waals surface area contributed by atoms with Crippen molar-refractivity contribution in [3.63, 3.8) is 0 Å². The van der Waals surface area contributed by atoms with Crippen LogP contribution >= 0.6 is 11.6 Å². The lowest BCUT2D eigenvalue weighted by Crippen LogP contribution is -2.07. The van der Waals surface area contributed by atoms with E-state index in [1.165, 1.54) is 6.07 Å². The van der Waals surface area contributed by atoms with E-state index >= 15 is 0 Å². The Morgan fingerprint density at radius 1 is 0.960 bits per heavy atom. The molecule has 0 spiro atoms. The predicted molar refractivity (Wildman–Crippen MR) is 95.5 cm³/mol. The molecule has 0 aliphatic carbocycles. The van der Waals surface area contributed by atoms with Crippen LogP contribution in [0.1, 0.15) is 16.1 Å². The summed E-state index contributed by atoms with van der Waals surface area (Å²) in [6.45, 7) is 0. The molecule has 4 aromatic rings. The Morgan fingerprint density at radius 3 is 2.44 bits per heavy atom. The number of hydrogen-bond acceptors (Lipinski definition) is 2. The van der Waals surface area contributed by atoms with E-state index in [0.29, 0.717) is 33.2 Å². The number of ketones is 1. The molecule has 0 atom stereocenters. The molecular formula is C20H12ClFN2O. The number of rotatable bonds is 3. The Balaban J connectivity index is 1.98. The van der Waals surface area contributed by atoms with E-state index in [1.807, 2.05) is 6.07 Å². The van der Waals surface area contributed by atoms with Crippen molar-refractivity contribution in [2.75, 3.05) is 0 Å². The molecule has 122 valence electrons. The molecule has 2 heterocycles. The van der Waals surface area contributed by atoms with E-state index in [4.69, 9.17) is 11.6 Å². The molecule has 0 aliphatic rings. The van der Waals surface area contributed by atoms with Gasteiger partial charge in [0.05, 0.1) is 0 Å². The monoisotopic (exact) mass is 350 g/mol. The third-order valence-corrected chi connectivity index (χ3v) is 4.23. The van der Waals surface area contributed by atoms with Gasteiger partial charge in [0.15, 0.2) is 0 Å². The van der Waals surface area contributed by atoms with Gasteiger partial charge in [0.2, 0.25) is 5.78 Å². The van der Waals surface area contributed by atoms with E-state index in [0.717, 1.165) is 0 Å². The van der Waals surface area contributed by atoms with Crippen LogP contribution in [0.5, 0.6) is 0 Å². The molecule has 0 saturated heterocycles. The maximum absolute atomic E-state index is 14.3. The first-order chi connectivity index (χ1) is 12.1. The maximum Gasteiger partial charge on any atom is 0.212 e. The largest absolute Gasteiger partial charge is 0.296 e. The molecule has 2 aromatic carbocycles. The van der Waals surface area contributed by atoms with Crippen LogP contribution in [-0.4, -0.2) is 15.2 Å². The first kappa shape index (κ1) is 15.5. The summed E-state index contributed by atoms with van der Waals surface area (Å²) in [4.78, 5) is 17.6. The highest BCUT2D eigenvalue weighted by molar-refractivity contribution is 6.30. The molecule has 0 aliphatic heterocycles. The SMILES string of the molecule is O=C(c1ccc(Cl)cc1)c1c(-c2ccccc2F)nc2ccccn12. The van der Waals surface area contributed by atoms with Crippen LogP contribution in [0.25, 0.3) is 16.9 Å². The first-order valence-corrected chi connectivity index (χ1v) is 8.05. The van der Waals surface area contributed by atoms with Crippen molar-refractivity contribution in [3.05, 3.63) is 95.0 Å². The minimum Gasteiger partial charge on any atom is -0.296 e. The van der Waals surface area contributed by atoms with E-state index in [9.17, 15) is 9.18 Å². The zero-order chi connectivity index (χ0) is 17.4. The first-order valence-electron chi connectivity index (χ1n) is 7.67. The van der Waals surface area contributed by atoms with Crippen LogP contribution in [0.3, 0.4) is 0 Å². The van der Waals surface area contributed by atoms with Gasteiger partial charge in [-0.3, -0.25) is 9.20 Å². The zero-order valence-electron chi connectivity index (χ0n) is 13.0. The predicted octanol–water partition coefficient (Wildman–Crippen LogP) is 5.02. The Kier molecular flexibility index (Phi) is 3.82. The molecule has 5 heteroatoms. The highest BCUT2D eigenvalue weighted by Gasteiger charge is 2.23. The van der Waals surface area contributed by atoms with Crippen LogP contribution in [0.4, 0.5) is 4.39 Å². The van der Waals surface area contributed by atoms with E-state index in [1.54, 1.807) is 65.2 Å². The van der Waals surface area contributed by atoms with Gasteiger partial charge in [0, 0.05) is 22.3 Å². The fourth-order valence-corrected chi connectivity index (χ4v) is 2.92. The Morgan fingerprint density at radius 2 is 1.68 bits per heavy atom. The zero-order valence-corrected chi connectivity index (χ0v) is 13.7. The van der Waals surface area contributed by atoms with Gasteiger partial charge in [-0.15, -0.1) is 0 Å². The molecule has 0 radical (unpaired) electrons. The lowest BCUT2D eigenvalue weighted by Gasteiger charge is -2.06. The molecule has 0 N–H and O–H groups in total. The quantitative estimate of drug-likeness (QED) is 0.486. The summed E-state index contributed by atoms with van der Waals surface area (Å²) < 4.78 is 16.0. The number of fused-ring (bicyclic) bond motifs is 1. The van der Waals surface area contributed by atoms with Gasteiger partial charge < -0.3 is 0 Å². The van der Waals surface area contributed by atoms with Gasteiger partial charge in [0.25, 0.3) is 0 Å². The smallest absolute Gasteiger partial charge is 0.212 e. The molecule has 0 amide bonds. The van der Waals surface area contributed by atoms with Gasteiger partial charge >= 0.3 is 0 Å². The van der Waals surface area contributed by atoms with Crippen LogP contribution < -0.4 is 0 Å². The second kappa shape index (κ2) is 6.15. The second-order valence-corrected chi connectivity index (χ2v) is 5.99. The normalized spacial score (nSPS) is 11.0. The van der Waals surface area contributed by atoms with Crippen molar-refractivity contribution >= 4 is 23.0 Å². The summed E-state index contributed by atoms with van der Waals surface area (Å²) in [6.07, 6.45) is 1.75. The Bertz CT molecular complexity index is 1090. The van der Waals surface area contributed by atoms with Crippen molar-refractivity contribution in [1.29, 1.82) is 0 Å². The molecule has 25 heavy (non-hydrogen) atoms. The number of carbonyl (C=O) groups is 1. The number of halogens is 2. The van der Waals surface area contributed by atoms with Crippen molar-refractivity contribution < 1.29 is 9.18 Å². The third kappa shape index (κ3) is 2.71. The van der Waals surface area contributed by atoms with E-state index in [-0.39, 0.29) is 5.78 Å². The molecule has 0 fully saturated rings. The number of carbonyl (C=O) groups excluding carboxylic acids is 1. The molecule has 3 nitrogen and oxygen atoms in total. The Labute approximate surface area is 148 Å². The van der Waals surface area contributed by atoms with Crippen molar-refractivity contribution in [2.24, 2.45) is 0 Å². The summed E-state index contributed by atoms with van der Waals surface area (Å²) in [5.74, 6) is -0.662. The summed E-state index contributed by atoms with van der Waals surface area (Å²) in [5.41, 5.74) is 1.99. The maximum atomic E-state index is 14.3. The van der Waals surface area contributed by atoms with Crippen LogP contribution in [0, 0.1) is 5.82 Å². The lowest BCUT2D eigenvalue weighted by atomic mass is 10.0. The van der Waals surface area contributed by atoms with Crippen LogP contribution in [0.15, 0.2) is 72.9 Å². The van der Waals surface area contributed by atoms with Gasteiger partial charge in [-0.2, -0.15) is 0 Å². The number of hydrogen-bond donors (Lipinski definition) is 0. The molecular weight excluding hydrogens is 339 g/mol. The van der Waals surface area contributed by atoms with E-state index in [2.05, 4.69) is 4.98 Å². The average molecular weight is 351 g/mol. The number of aromatic nitrogens is 2. The number of benzene rings is 2. The molecule has 4 rings (SSSR count). The minimum absolute atomic E-state index is 0.242. The summed E-state index contributed by atoms with van der Waals surface area (Å²) in [5, 5.41) is 0.545. The van der Waals surface area contributed by atoms with Gasteiger partial charge in [-0.05, 0) is 48.5 Å². The standard InChI is InChI=1S/C20H12ClFN2O/c21-14-10-8-13(9-11-14)20(25)19-18(15-5-1-2-6-16(15)22)23-17-7-3-4-12-24(17)19/h1-12H. The average Bonchev–Trinajstić information content (AvgIpc) is 3.01. The molecule has 0 saturated carbocycles. The van der Waals surface area contributed by atoms with Gasteiger partial charge in [-0.25, -0.2) is 9.37 Å². The lowest BCUT2D eigenvalue weighted by molar-refractivity contribution is 0.103. The van der Waals surface area contributed by atoms with Crippen LogP contribution in [0.2, 0.25) is 5.02 Å². The highest BCUT2D eigenvalue weighted by atomic mass is 35.5. The second-order valence-electron chi connectivity index (χ2n) is 5.55. The topological polar surface area (TPSA) is 34.4 Å². The van der Waals surface area contributed by atoms with Crippen molar-refractivity contribution in [2.45, 2.75) is 0 Å². The summed E-state index contributed by atoms with van der Waals surface area (Å²) in [7, 11) is 0.